The van der Waals surface area contributed by atoms with E-state index in [0.717, 1.165) is 18.7 Å². The van der Waals surface area contributed by atoms with E-state index >= 15 is 0 Å². The van der Waals surface area contributed by atoms with Crippen molar-refractivity contribution in [2.45, 2.75) is 6.04 Å². The molecular weight excluding hydrogens is 205 g/mol. The van der Waals surface area contributed by atoms with Crippen LogP contribution in [-0.4, -0.2) is 19.6 Å². The summed E-state index contributed by atoms with van der Waals surface area (Å²) in [6, 6.07) is 1.24. The van der Waals surface area contributed by atoms with Gasteiger partial charge >= 0.3 is 0 Å². The summed E-state index contributed by atoms with van der Waals surface area (Å²) in [5, 5.41) is 5.92. The van der Waals surface area contributed by atoms with Crippen LogP contribution < -0.4 is 10.6 Å². The van der Waals surface area contributed by atoms with Gasteiger partial charge in [-0.1, -0.05) is 0 Å². The van der Waals surface area contributed by atoms with Gasteiger partial charge in [0.05, 0.1) is 6.04 Å². The Hall–Kier alpha value is -1.07. The lowest BCUT2D eigenvalue weighted by Gasteiger charge is -2.25. The molecule has 0 bridgehead atoms. The molecule has 0 radical (unpaired) electrons. The zero-order valence-electron chi connectivity index (χ0n) is 7.99. The Morgan fingerprint density at radius 2 is 1.80 bits per heavy atom. The minimum atomic E-state index is -1.10. The normalized spacial score (nSPS) is 21.7. The van der Waals surface area contributed by atoms with Crippen LogP contribution in [0.15, 0.2) is 12.1 Å². The molecule has 0 aliphatic carbocycles. The molecule has 1 heterocycles. The third-order valence-corrected chi connectivity index (χ3v) is 2.47. The lowest BCUT2D eigenvalue weighted by Crippen LogP contribution is -2.43. The molecule has 0 spiro atoms. The van der Waals surface area contributed by atoms with E-state index < -0.39 is 23.5 Å². The minimum absolute atomic E-state index is 0.220. The standard InChI is InChI=1S/C10H11F3N2/c11-6-1-2-7(12)10(13)9(6)8-5-14-3-4-15-8/h1-2,8,14-15H,3-5H2/t8-/m0/s1. The number of benzene rings is 1. The molecule has 2 nitrogen and oxygen atoms in total. The third-order valence-electron chi connectivity index (χ3n) is 2.47. The molecule has 1 saturated heterocycles. The van der Waals surface area contributed by atoms with Crippen molar-refractivity contribution in [2.75, 3.05) is 19.6 Å². The van der Waals surface area contributed by atoms with E-state index in [9.17, 15) is 13.2 Å². The zero-order valence-corrected chi connectivity index (χ0v) is 7.99. The second-order valence-corrected chi connectivity index (χ2v) is 3.47. The van der Waals surface area contributed by atoms with Crippen molar-refractivity contribution in [3.63, 3.8) is 0 Å². The van der Waals surface area contributed by atoms with E-state index in [-0.39, 0.29) is 5.56 Å². The lowest BCUT2D eigenvalue weighted by molar-refractivity contribution is 0.389. The molecular formula is C10H11F3N2. The Morgan fingerprint density at radius 3 is 2.47 bits per heavy atom. The summed E-state index contributed by atoms with van der Waals surface area (Å²) >= 11 is 0. The van der Waals surface area contributed by atoms with Crippen molar-refractivity contribution < 1.29 is 13.2 Å². The molecule has 0 saturated carbocycles. The summed E-state index contributed by atoms with van der Waals surface area (Å²) < 4.78 is 39.6. The van der Waals surface area contributed by atoms with E-state index in [1.54, 1.807) is 0 Å². The number of hydrogen-bond acceptors (Lipinski definition) is 2. The fourth-order valence-corrected chi connectivity index (χ4v) is 1.72. The van der Waals surface area contributed by atoms with Gasteiger partial charge in [-0.05, 0) is 12.1 Å². The number of piperazine rings is 1. The Balaban J connectivity index is 2.36. The van der Waals surface area contributed by atoms with Crippen molar-refractivity contribution in [1.82, 2.24) is 10.6 Å². The van der Waals surface area contributed by atoms with E-state index in [2.05, 4.69) is 10.6 Å². The van der Waals surface area contributed by atoms with E-state index in [0.29, 0.717) is 13.1 Å². The summed E-state index contributed by atoms with van der Waals surface area (Å²) in [5.41, 5.74) is -0.220. The van der Waals surface area contributed by atoms with Crippen molar-refractivity contribution in [2.24, 2.45) is 0 Å². The minimum Gasteiger partial charge on any atom is -0.314 e. The highest BCUT2D eigenvalue weighted by molar-refractivity contribution is 5.25. The largest absolute Gasteiger partial charge is 0.314 e. The van der Waals surface area contributed by atoms with Gasteiger partial charge < -0.3 is 10.6 Å². The topological polar surface area (TPSA) is 24.1 Å². The van der Waals surface area contributed by atoms with Crippen LogP contribution in [0.1, 0.15) is 11.6 Å². The molecule has 0 unspecified atom stereocenters. The van der Waals surface area contributed by atoms with Crippen molar-refractivity contribution >= 4 is 0 Å². The number of nitrogens with one attached hydrogen (secondary N) is 2. The van der Waals surface area contributed by atoms with Gasteiger partial charge in [0.2, 0.25) is 0 Å². The second-order valence-electron chi connectivity index (χ2n) is 3.47. The Kier molecular flexibility index (Phi) is 2.93. The van der Waals surface area contributed by atoms with Crippen molar-refractivity contribution in [3.8, 4) is 0 Å². The summed E-state index contributed by atoms with van der Waals surface area (Å²) in [7, 11) is 0. The first-order chi connectivity index (χ1) is 7.20. The molecule has 2 rings (SSSR count). The van der Waals surface area contributed by atoms with Gasteiger partial charge in [-0.25, -0.2) is 13.2 Å². The number of hydrogen-bond donors (Lipinski definition) is 2. The van der Waals surface area contributed by atoms with Crippen LogP contribution in [0.25, 0.3) is 0 Å². The van der Waals surface area contributed by atoms with Gasteiger partial charge in [-0.3, -0.25) is 0 Å². The summed E-state index contributed by atoms with van der Waals surface area (Å²) in [4.78, 5) is 0. The molecule has 5 heteroatoms. The zero-order chi connectivity index (χ0) is 10.8. The molecule has 15 heavy (non-hydrogen) atoms. The van der Waals surface area contributed by atoms with Gasteiger partial charge in [-0.2, -0.15) is 0 Å². The predicted octanol–water partition coefficient (Wildman–Crippen LogP) is 1.34. The lowest BCUT2D eigenvalue weighted by atomic mass is 10.0. The molecule has 0 aromatic heterocycles. The van der Waals surface area contributed by atoms with Crippen LogP contribution in [0.4, 0.5) is 13.2 Å². The Morgan fingerprint density at radius 1 is 1.07 bits per heavy atom. The first-order valence-electron chi connectivity index (χ1n) is 4.77. The molecule has 1 aromatic rings. The SMILES string of the molecule is Fc1ccc(F)c([C@@H]2CNCCN2)c1F. The quantitative estimate of drug-likeness (QED) is 0.692. The molecule has 82 valence electrons. The van der Waals surface area contributed by atoms with Crippen LogP contribution >= 0.6 is 0 Å². The second kappa shape index (κ2) is 4.20. The van der Waals surface area contributed by atoms with Gasteiger partial charge in [0.1, 0.15) is 5.82 Å². The number of rotatable bonds is 1. The number of halogens is 3. The van der Waals surface area contributed by atoms with E-state index in [1.807, 2.05) is 0 Å². The average molecular weight is 216 g/mol. The van der Waals surface area contributed by atoms with Crippen LogP contribution in [0.3, 0.4) is 0 Å². The molecule has 1 aliphatic rings. The molecule has 1 aliphatic heterocycles. The Labute approximate surface area is 85.5 Å². The highest BCUT2D eigenvalue weighted by Gasteiger charge is 2.23. The monoisotopic (exact) mass is 216 g/mol. The fraction of sp³-hybridized carbons (Fsp3) is 0.400. The molecule has 1 atom stereocenters. The van der Waals surface area contributed by atoms with Crippen LogP contribution in [-0.2, 0) is 0 Å². The summed E-state index contributed by atoms with van der Waals surface area (Å²) in [6.45, 7) is 1.76. The first kappa shape index (κ1) is 10.4. The maximum atomic E-state index is 13.4. The van der Waals surface area contributed by atoms with Gasteiger partial charge in [-0.15, -0.1) is 0 Å². The van der Waals surface area contributed by atoms with Crippen LogP contribution in [0.2, 0.25) is 0 Å². The van der Waals surface area contributed by atoms with Gasteiger partial charge in [0, 0.05) is 25.2 Å². The maximum Gasteiger partial charge on any atom is 0.166 e. The smallest absolute Gasteiger partial charge is 0.166 e. The molecule has 2 N–H and O–H groups in total. The third kappa shape index (κ3) is 1.98. The van der Waals surface area contributed by atoms with Crippen molar-refractivity contribution in [1.29, 1.82) is 0 Å². The molecule has 1 aromatic carbocycles. The summed E-state index contributed by atoms with van der Waals surface area (Å²) in [5.74, 6) is -2.83. The summed E-state index contributed by atoms with van der Waals surface area (Å²) in [6.07, 6.45) is 0. The highest BCUT2D eigenvalue weighted by atomic mass is 19.2. The van der Waals surface area contributed by atoms with Gasteiger partial charge in [0.25, 0.3) is 0 Å². The van der Waals surface area contributed by atoms with Crippen LogP contribution in [0.5, 0.6) is 0 Å². The highest BCUT2D eigenvalue weighted by Crippen LogP contribution is 2.23. The predicted molar refractivity (Wildman–Crippen MR) is 49.9 cm³/mol. The van der Waals surface area contributed by atoms with E-state index in [4.69, 9.17) is 0 Å². The van der Waals surface area contributed by atoms with Gasteiger partial charge in [0.15, 0.2) is 11.6 Å². The maximum absolute atomic E-state index is 13.4. The molecule has 0 amide bonds. The first-order valence-corrected chi connectivity index (χ1v) is 4.77. The van der Waals surface area contributed by atoms with E-state index in [1.165, 1.54) is 0 Å². The Bertz CT molecular complexity index is 362. The fourth-order valence-electron chi connectivity index (χ4n) is 1.72. The van der Waals surface area contributed by atoms with Crippen LogP contribution in [0, 0.1) is 17.5 Å². The molecule has 1 fully saturated rings. The van der Waals surface area contributed by atoms with Crippen molar-refractivity contribution in [3.05, 3.63) is 35.1 Å². The average Bonchev–Trinajstić information content (AvgIpc) is 2.26.